The number of amides is 1. The zero-order valence-corrected chi connectivity index (χ0v) is 21.5. The van der Waals surface area contributed by atoms with Gasteiger partial charge < -0.3 is 15.4 Å². The summed E-state index contributed by atoms with van der Waals surface area (Å²) in [6, 6.07) is 11.0. The number of nitrogens with one attached hydrogen (secondary N) is 2. The normalized spacial score (nSPS) is 16.7. The van der Waals surface area contributed by atoms with E-state index in [-0.39, 0.29) is 23.4 Å². The van der Waals surface area contributed by atoms with Gasteiger partial charge in [-0.1, -0.05) is 45.9 Å². The van der Waals surface area contributed by atoms with E-state index in [4.69, 9.17) is 0 Å². The van der Waals surface area contributed by atoms with Crippen LogP contribution in [0.4, 0.5) is 0 Å². The van der Waals surface area contributed by atoms with Crippen LogP contribution < -0.4 is 5.32 Å². The Kier molecular flexibility index (Phi) is 7.48. The molecule has 34 heavy (non-hydrogen) atoms. The minimum absolute atomic E-state index is 0.0551. The number of carbonyl (C=O) groups is 3. The van der Waals surface area contributed by atoms with E-state index >= 15 is 0 Å². The molecule has 0 saturated heterocycles. The number of rotatable bonds is 8. The summed E-state index contributed by atoms with van der Waals surface area (Å²) < 4.78 is 0.992. The third-order valence-corrected chi connectivity index (χ3v) is 7.90. The Balaban J connectivity index is 1.56. The molecule has 1 aromatic heterocycles. The third kappa shape index (κ3) is 5.39. The number of thioether (sulfide) groups is 1. The number of halogens is 1. The summed E-state index contributed by atoms with van der Waals surface area (Å²) in [4.78, 5) is 40.4. The number of carboxylic acid groups (broad SMARTS) is 1. The summed E-state index contributed by atoms with van der Waals surface area (Å²) in [5, 5.41) is 13.6. The minimum Gasteiger partial charge on any atom is -0.480 e. The highest BCUT2D eigenvalue weighted by molar-refractivity contribution is 9.10. The molecule has 8 heteroatoms. The second-order valence-electron chi connectivity index (χ2n) is 8.86. The Hall–Kier alpha value is -2.58. The van der Waals surface area contributed by atoms with Crippen LogP contribution in [0.15, 0.2) is 47.1 Å². The molecular weight excluding hydrogens is 516 g/mol. The van der Waals surface area contributed by atoms with Gasteiger partial charge in [0.1, 0.15) is 6.04 Å². The number of fused-ring (bicyclic) bond motifs is 2. The molecule has 2 aromatic carbocycles. The summed E-state index contributed by atoms with van der Waals surface area (Å²) >= 11 is 4.62. The van der Waals surface area contributed by atoms with E-state index in [1.165, 1.54) is 12.5 Å². The Morgan fingerprint density at radius 3 is 2.76 bits per heavy atom. The fourth-order valence-corrected chi connectivity index (χ4v) is 5.99. The molecule has 4 rings (SSSR count). The second-order valence-corrected chi connectivity index (χ2v) is 11.0. The highest BCUT2D eigenvalue weighted by Gasteiger charge is 2.36. The lowest BCUT2D eigenvalue weighted by atomic mass is 9.87. The van der Waals surface area contributed by atoms with E-state index in [2.05, 4.69) is 32.3 Å². The fraction of sp³-hybridized carbons (Fsp3) is 0.346. The number of aromatic amines is 1. The molecule has 0 saturated carbocycles. The SMILES string of the molecule is CC(=O)SCC(C(=O)NC(Cc1c[nH]c2cc(C)ccc12)C(=O)O)C1CCc2cc(Br)ccc21. The molecule has 3 unspecified atom stereocenters. The standard InChI is InChI=1S/C26H27BrN2O4S/c1-14-3-6-20-17(12-28-23(20)9-14)11-24(26(32)33)29-25(31)22(13-34-15(2)30)21-7-4-16-10-18(27)5-8-19(16)21/h3,5-6,8-10,12,21-22,24,28H,4,7,11,13H2,1-2H3,(H,29,31)(H,32,33). The van der Waals surface area contributed by atoms with Gasteiger partial charge in [-0.05, 0) is 66.1 Å². The highest BCUT2D eigenvalue weighted by atomic mass is 79.9. The van der Waals surface area contributed by atoms with Crippen LogP contribution in [0, 0.1) is 12.8 Å². The van der Waals surface area contributed by atoms with E-state index < -0.39 is 17.9 Å². The fourth-order valence-electron chi connectivity index (χ4n) is 4.79. The van der Waals surface area contributed by atoms with Crippen LogP contribution in [0.5, 0.6) is 0 Å². The number of hydrogen-bond donors (Lipinski definition) is 3. The van der Waals surface area contributed by atoms with E-state index in [0.717, 1.165) is 56.7 Å². The maximum absolute atomic E-state index is 13.5. The van der Waals surface area contributed by atoms with Crippen molar-refractivity contribution in [3.63, 3.8) is 0 Å². The predicted molar refractivity (Wildman–Crippen MR) is 138 cm³/mol. The number of carbonyl (C=O) groups excluding carboxylic acids is 2. The quantitative estimate of drug-likeness (QED) is 0.373. The highest BCUT2D eigenvalue weighted by Crippen LogP contribution is 2.41. The Morgan fingerprint density at radius 2 is 2.03 bits per heavy atom. The second kappa shape index (κ2) is 10.4. The number of benzene rings is 2. The number of aromatic nitrogens is 1. The van der Waals surface area contributed by atoms with Crippen LogP contribution in [0.1, 0.15) is 41.5 Å². The zero-order chi connectivity index (χ0) is 24.4. The molecule has 1 heterocycles. The molecule has 6 nitrogen and oxygen atoms in total. The molecule has 0 bridgehead atoms. The van der Waals surface area contributed by atoms with Crippen molar-refractivity contribution < 1.29 is 19.5 Å². The molecule has 0 spiro atoms. The van der Waals surface area contributed by atoms with Crippen molar-refractivity contribution in [1.29, 1.82) is 0 Å². The average Bonchev–Trinajstić information content (AvgIpc) is 3.36. The molecule has 1 amide bonds. The van der Waals surface area contributed by atoms with Crippen LogP contribution in [0.25, 0.3) is 10.9 Å². The van der Waals surface area contributed by atoms with E-state index in [0.29, 0.717) is 5.75 Å². The number of carboxylic acids is 1. The van der Waals surface area contributed by atoms with Crippen molar-refractivity contribution in [3.8, 4) is 0 Å². The van der Waals surface area contributed by atoms with Gasteiger partial charge in [-0.25, -0.2) is 4.79 Å². The molecule has 3 atom stereocenters. The number of aryl methyl sites for hydroxylation is 2. The molecule has 178 valence electrons. The van der Waals surface area contributed by atoms with Crippen molar-refractivity contribution in [2.75, 3.05) is 5.75 Å². The van der Waals surface area contributed by atoms with Crippen LogP contribution in [0.3, 0.4) is 0 Å². The Bertz CT molecular complexity index is 1250. The molecule has 1 aliphatic rings. The smallest absolute Gasteiger partial charge is 0.326 e. The van der Waals surface area contributed by atoms with Gasteiger partial charge in [0.05, 0.1) is 5.92 Å². The van der Waals surface area contributed by atoms with Crippen LogP contribution in [-0.2, 0) is 27.2 Å². The van der Waals surface area contributed by atoms with E-state index in [1.807, 2.05) is 37.3 Å². The van der Waals surface area contributed by atoms with Gasteiger partial charge in [-0.3, -0.25) is 9.59 Å². The summed E-state index contributed by atoms with van der Waals surface area (Å²) in [6.07, 6.45) is 3.62. The van der Waals surface area contributed by atoms with E-state index in [9.17, 15) is 19.5 Å². The number of H-pyrrole nitrogens is 1. The van der Waals surface area contributed by atoms with Gasteiger partial charge in [0.25, 0.3) is 0 Å². The third-order valence-electron chi connectivity index (χ3n) is 6.48. The lowest BCUT2D eigenvalue weighted by molar-refractivity contribution is -0.142. The van der Waals surface area contributed by atoms with Crippen LogP contribution >= 0.6 is 27.7 Å². The first-order valence-electron chi connectivity index (χ1n) is 11.2. The summed E-state index contributed by atoms with van der Waals surface area (Å²) in [6.45, 7) is 3.48. The molecule has 1 aliphatic carbocycles. The van der Waals surface area contributed by atoms with Crippen molar-refractivity contribution in [2.45, 2.75) is 45.1 Å². The van der Waals surface area contributed by atoms with Crippen molar-refractivity contribution in [1.82, 2.24) is 10.3 Å². The van der Waals surface area contributed by atoms with Crippen LogP contribution in [0.2, 0.25) is 0 Å². The Morgan fingerprint density at radius 1 is 1.24 bits per heavy atom. The van der Waals surface area contributed by atoms with Gasteiger partial charge in [0, 0.05) is 40.7 Å². The molecular formula is C26H27BrN2O4S. The molecule has 3 aromatic rings. The van der Waals surface area contributed by atoms with Crippen molar-refractivity contribution >= 4 is 55.6 Å². The largest absolute Gasteiger partial charge is 0.480 e. The molecule has 0 fully saturated rings. The maximum atomic E-state index is 13.5. The summed E-state index contributed by atoms with van der Waals surface area (Å²) in [5.41, 5.74) is 5.18. The van der Waals surface area contributed by atoms with Crippen molar-refractivity contribution in [3.05, 3.63) is 69.3 Å². The first kappa shape index (κ1) is 24.5. The van der Waals surface area contributed by atoms with Gasteiger partial charge in [-0.2, -0.15) is 0 Å². The van der Waals surface area contributed by atoms with Gasteiger partial charge in [-0.15, -0.1) is 0 Å². The summed E-state index contributed by atoms with van der Waals surface area (Å²) in [7, 11) is 0. The van der Waals surface area contributed by atoms with E-state index in [1.54, 1.807) is 6.20 Å². The number of aliphatic carboxylic acids is 1. The summed E-state index contributed by atoms with van der Waals surface area (Å²) in [5.74, 6) is -1.63. The Labute approximate surface area is 211 Å². The predicted octanol–water partition coefficient (Wildman–Crippen LogP) is 4.98. The van der Waals surface area contributed by atoms with Gasteiger partial charge in [0.15, 0.2) is 5.12 Å². The zero-order valence-electron chi connectivity index (χ0n) is 19.1. The average molecular weight is 543 g/mol. The minimum atomic E-state index is -1.08. The van der Waals surface area contributed by atoms with Gasteiger partial charge >= 0.3 is 5.97 Å². The first-order valence-corrected chi connectivity index (χ1v) is 13.0. The topological polar surface area (TPSA) is 99.3 Å². The van der Waals surface area contributed by atoms with Gasteiger partial charge in [0.2, 0.25) is 5.91 Å². The first-order chi connectivity index (χ1) is 16.2. The monoisotopic (exact) mass is 542 g/mol. The number of hydrogen-bond acceptors (Lipinski definition) is 4. The van der Waals surface area contributed by atoms with Crippen LogP contribution in [-0.4, -0.2) is 38.9 Å². The molecule has 0 aliphatic heterocycles. The maximum Gasteiger partial charge on any atom is 0.326 e. The molecule has 3 N–H and O–H groups in total. The lowest BCUT2D eigenvalue weighted by Crippen LogP contribution is -2.46. The lowest BCUT2D eigenvalue weighted by Gasteiger charge is -2.25. The molecule has 0 radical (unpaired) electrons. The van der Waals surface area contributed by atoms with Crippen molar-refractivity contribution in [2.24, 2.45) is 5.92 Å².